The van der Waals surface area contributed by atoms with Crippen LogP contribution in [0.15, 0.2) is 47.3 Å². The van der Waals surface area contributed by atoms with E-state index in [0.717, 1.165) is 16.9 Å². The van der Waals surface area contributed by atoms with Gasteiger partial charge in [0.05, 0.1) is 22.9 Å². The van der Waals surface area contributed by atoms with Gasteiger partial charge in [0.1, 0.15) is 12.1 Å². The molecule has 1 aliphatic rings. The number of hydrogen-bond acceptors (Lipinski definition) is 4. The van der Waals surface area contributed by atoms with Crippen LogP contribution in [0.5, 0.6) is 0 Å². The number of aryl methyl sites for hydroxylation is 1. The second-order valence-electron chi connectivity index (χ2n) is 6.39. The minimum Gasteiger partial charge on any atom is -0.472 e. The molecule has 7 heteroatoms. The Kier molecular flexibility index (Phi) is 4.43. The molecule has 0 spiro atoms. The van der Waals surface area contributed by atoms with Crippen LogP contribution >= 0.6 is 0 Å². The number of fused-ring (bicyclic) bond motifs is 1. The van der Waals surface area contributed by atoms with Crippen LogP contribution in [-0.4, -0.2) is 57.8 Å². The maximum absolute atomic E-state index is 12.5. The molecule has 2 aromatic heterocycles. The maximum Gasteiger partial charge on any atom is 0.257 e. The number of hydrogen-bond donors (Lipinski definition) is 1. The van der Waals surface area contributed by atoms with Crippen LogP contribution in [0.4, 0.5) is 0 Å². The number of para-hydroxylation sites is 2. The first kappa shape index (κ1) is 16.4. The van der Waals surface area contributed by atoms with Crippen molar-refractivity contribution < 1.29 is 14.0 Å². The number of imidazole rings is 1. The van der Waals surface area contributed by atoms with E-state index in [1.165, 1.54) is 12.5 Å². The van der Waals surface area contributed by atoms with E-state index in [1.54, 1.807) is 11.0 Å². The molecule has 1 N–H and O–H groups in total. The van der Waals surface area contributed by atoms with Crippen LogP contribution in [0.3, 0.4) is 0 Å². The van der Waals surface area contributed by atoms with Crippen LogP contribution in [0.25, 0.3) is 11.0 Å². The Morgan fingerprint density at radius 1 is 1.08 bits per heavy atom. The van der Waals surface area contributed by atoms with E-state index in [9.17, 15) is 9.59 Å². The predicted molar refractivity (Wildman–Crippen MR) is 95.6 cm³/mol. The lowest BCUT2D eigenvalue weighted by molar-refractivity contribution is -0.132. The highest BCUT2D eigenvalue weighted by atomic mass is 16.3. The van der Waals surface area contributed by atoms with E-state index >= 15 is 0 Å². The summed E-state index contributed by atoms with van der Waals surface area (Å²) < 4.78 is 4.96. The first-order valence-electron chi connectivity index (χ1n) is 8.73. The summed E-state index contributed by atoms with van der Waals surface area (Å²) in [6.07, 6.45) is 3.94. The topological polar surface area (TPSA) is 82.4 Å². The van der Waals surface area contributed by atoms with Crippen LogP contribution in [0, 0.1) is 0 Å². The van der Waals surface area contributed by atoms with E-state index in [4.69, 9.17) is 4.42 Å². The summed E-state index contributed by atoms with van der Waals surface area (Å²) in [5.41, 5.74) is 2.46. The molecule has 0 radical (unpaired) electrons. The van der Waals surface area contributed by atoms with E-state index in [1.807, 2.05) is 29.2 Å². The molecule has 0 saturated carbocycles. The predicted octanol–water partition coefficient (Wildman–Crippen LogP) is 2.07. The lowest BCUT2D eigenvalue weighted by Gasteiger charge is -2.34. The fourth-order valence-corrected chi connectivity index (χ4v) is 3.24. The number of carbonyl (C=O) groups is 2. The van der Waals surface area contributed by atoms with Crippen molar-refractivity contribution >= 4 is 22.8 Å². The third-order valence-electron chi connectivity index (χ3n) is 4.70. The Hall–Kier alpha value is -3.09. The molecule has 134 valence electrons. The van der Waals surface area contributed by atoms with E-state index < -0.39 is 0 Å². The fourth-order valence-electron chi connectivity index (χ4n) is 3.24. The zero-order chi connectivity index (χ0) is 17.9. The molecular formula is C19H20N4O3. The van der Waals surface area contributed by atoms with E-state index in [0.29, 0.717) is 44.6 Å². The van der Waals surface area contributed by atoms with E-state index in [2.05, 4.69) is 9.97 Å². The van der Waals surface area contributed by atoms with Gasteiger partial charge >= 0.3 is 0 Å². The molecule has 1 aliphatic heterocycles. The molecule has 1 aromatic carbocycles. The van der Waals surface area contributed by atoms with Gasteiger partial charge < -0.3 is 19.2 Å². The third kappa shape index (κ3) is 3.33. The first-order chi connectivity index (χ1) is 12.7. The van der Waals surface area contributed by atoms with Crippen LogP contribution in [0.2, 0.25) is 0 Å². The second kappa shape index (κ2) is 7.03. The summed E-state index contributed by atoms with van der Waals surface area (Å²) in [5, 5.41) is 0. The molecule has 0 unspecified atom stereocenters. The summed E-state index contributed by atoms with van der Waals surface area (Å²) in [6, 6.07) is 9.49. The molecule has 1 saturated heterocycles. The third-order valence-corrected chi connectivity index (χ3v) is 4.70. The van der Waals surface area contributed by atoms with Gasteiger partial charge in [-0.15, -0.1) is 0 Å². The van der Waals surface area contributed by atoms with Crippen molar-refractivity contribution in [2.24, 2.45) is 0 Å². The summed E-state index contributed by atoms with van der Waals surface area (Å²) in [6.45, 7) is 2.20. The van der Waals surface area contributed by atoms with Crippen molar-refractivity contribution in [1.29, 1.82) is 0 Å². The fraction of sp³-hybridized carbons (Fsp3) is 0.316. The Morgan fingerprint density at radius 3 is 2.58 bits per heavy atom. The molecule has 26 heavy (non-hydrogen) atoms. The smallest absolute Gasteiger partial charge is 0.257 e. The van der Waals surface area contributed by atoms with Gasteiger partial charge in [0, 0.05) is 39.0 Å². The number of carbonyl (C=O) groups excluding carboxylic acids is 2. The number of nitrogens with one attached hydrogen (secondary N) is 1. The number of aromatic nitrogens is 2. The zero-order valence-corrected chi connectivity index (χ0v) is 14.4. The van der Waals surface area contributed by atoms with Gasteiger partial charge in [0.2, 0.25) is 5.91 Å². The number of furan rings is 1. The summed E-state index contributed by atoms with van der Waals surface area (Å²) in [7, 11) is 0. The lowest BCUT2D eigenvalue weighted by atomic mass is 10.2. The van der Waals surface area contributed by atoms with Gasteiger partial charge in [-0.3, -0.25) is 9.59 Å². The highest BCUT2D eigenvalue weighted by Crippen LogP contribution is 2.13. The molecule has 2 amide bonds. The van der Waals surface area contributed by atoms with Crippen molar-refractivity contribution in [1.82, 2.24) is 19.8 Å². The van der Waals surface area contributed by atoms with Gasteiger partial charge in [-0.25, -0.2) is 4.98 Å². The molecule has 7 nitrogen and oxygen atoms in total. The molecule has 0 aliphatic carbocycles. The van der Waals surface area contributed by atoms with Crippen molar-refractivity contribution in [3.8, 4) is 0 Å². The molecule has 0 atom stereocenters. The Morgan fingerprint density at radius 2 is 1.85 bits per heavy atom. The number of rotatable bonds is 4. The minimum absolute atomic E-state index is 0.0480. The van der Waals surface area contributed by atoms with Crippen LogP contribution < -0.4 is 0 Å². The SMILES string of the molecule is O=C(CCc1nc2ccccc2[nH]1)N1CCN(C(=O)c2ccoc2)CC1. The number of piperazine rings is 1. The summed E-state index contributed by atoms with van der Waals surface area (Å²) in [4.78, 5) is 36.1. The molecule has 4 rings (SSSR count). The largest absolute Gasteiger partial charge is 0.472 e. The van der Waals surface area contributed by atoms with Crippen molar-refractivity contribution in [3.05, 3.63) is 54.2 Å². The van der Waals surface area contributed by atoms with Crippen LogP contribution in [0.1, 0.15) is 22.6 Å². The number of benzene rings is 1. The first-order valence-corrected chi connectivity index (χ1v) is 8.73. The molecule has 3 heterocycles. The molecular weight excluding hydrogens is 332 g/mol. The standard InChI is InChI=1S/C19H20N4O3/c24-18(6-5-17-20-15-3-1-2-4-16(15)21-17)22-8-10-23(11-9-22)19(25)14-7-12-26-13-14/h1-4,7,12-13H,5-6,8-11H2,(H,20,21). The molecule has 1 fully saturated rings. The average molecular weight is 352 g/mol. The Labute approximate surface area is 150 Å². The highest BCUT2D eigenvalue weighted by Gasteiger charge is 2.25. The molecule has 3 aromatic rings. The number of aromatic amines is 1. The monoisotopic (exact) mass is 352 g/mol. The van der Waals surface area contributed by atoms with Crippen molar-refractivity contribution in [3.63, 3.8) is 0 Å². The van der Waals surface area contributed by atoms with Gasteiger partial charge in [0.15, 0.2) is 0 Å². The van der Waals surface area contributed by atoms with Gasteiger partial charge in [0.25, 0.3) is 5.91 Å². The average Bonchev–Trinajstić information content (AvgIpc) is 3.35. The van der Waals surface area contributed by atoms with Crippen molar-refractivity contribution in [2.75, 3.05) is 26.2 Å². The summed E-state index contributed by atoms with van der Waals surface area (Å²) >= 11 is 0. The van der Waals surface area contributed by atoms with Gasteiger partial charge in [-0.2, -0.15) is 0 Å². The van der Waals surface area contributed by atoms with Crippen molar-refractivity contribution in [2.45, 2.75) is 12.8 Å². The number of nitrogens with zero attached hydrogens (tertiary/aromatic N) is 3. The van der Waals surface area contributed by atoms with Gasteiger partial charge in [-0.1, -0.05) is 12.1 Å². The van der Waals surface area contributed by atoms with Gasteiger partial charge in [-0.05, 0) is 18.2 Å². The number of H-pyrrole nitrogens is 1. The zero-order valence-electron chi connectivity index (χ0n) is 14.4. The quantitative estimate of drug-likeness (QED) is 0.779. The highest BCUT2D eigenvalue weighted by molar-refractivity contribution is 5.94. The summed E-state index contributed by atoms with van der Waals surface area (Å²) in [5.74, 6) is 0.877. The normalized spacial score (nSPS) is 14.8. The van der Waals surface area contributed by atoms with Crippen LogP contribution in [-0.2, 0) is 11.2 Å². The minimum atomic E-state index is -0.0480. The Bertz CT molecular complexity index is 875. The lowest BCUT2D eigenvalue weighted by Crippen LogP contribution is -2.50. The molecule has 0 bridgehead atoms. The Balaban J connectivity index is 1.29. The maximum atomic E-state index is 12.5. The number of amides is 2. The van der Waals surface area contributed by atoms with E-state index in [-0.39, 0.29) is 11.8 Å². The second-order valence-corrected chi connectivity index (χ2v) is 6.39.